The van der Waals surface area contributed by atoms with Crippen LogP contribution in [-0.4, -0.2) is 57.6 Å². The Balaban J connectivity index is 2.31. The second-order valence-corrected chi connectivity index (χ2v) is 6.45. The highest BCUT2D eigenvalue weighted by Gasteiger charge is 2.24. The van der Waals surface area contributed by atoms with Crippen molar-refractivity contribution in [3.05, 3.63) is 46.0 Å². The Morgan fingerprint density at radius 1 is 1.41 bits per heavy atom. The molecule has 2 aromatic rings. The van der Waals surface area contributed by atoms with E-state index in [1.54, 1.807) is 18.3 Å². The summed E-state index contributed by atoms with van der Waals surface area (Å²) in [5, 5.41) is 9.17. The summed E-state index contributed by atoms with van der Waals surface area (Å²) in [5.41, 5.74) is 0.861. The van der Waals surface area contributed by atoms with Gasteiger partial charge < -0.3 is 14.7 Å². The van der Waals surface area contributed by atoms with E-state index in [4.69, 9.17) is 4.74 Å². The number of ether oxygens (including phenoxy) is 1. The highest BCUT2D eigenvalue weighted by molar-refractivity contribution is 5.94. The number of rotatable bonds is 9. The number of aromatic nitrogens is 2. The molecule has 1 atom stereocenters. The molecule has 2 rings (SSSR count). The van der Waals surface area contributed by atoms with Crippen LogP contribution in [-0.2, 0) is 9.53 Å². The van der Waals surface area contributed by atoms with Gasteiger partial charge in [0.15, 0.2) is 0 Å². The van der Waals surface area contributed by atoms with Crippen LogP contribution in [0.1, 0.15) is 36.2 Å². The van der Waals surface area contributed by atoms with Crippen molar-refractivity contribution < 1.29 is 19.4 Å². The van der Waals surface area contributed by atoms with Crippen LogP contribution >= 0.6 is 0 Å². The lowest BCUT2D eigenvalue weighted by Crippen LogP contribution is -2.40. The maximum atomic E-state index is 12.9. The molecule has 0 aliphatic carbocycles. The minimum Gasteiger partial charge on any atom is -0.481 e. The molecule has 0 spiro atoms. The van der Waals surface area contributed by atoms with Crippen molar-refractivity contribution in [1.82, 2.24) is 14.3 Å². The first-order valence-corrected chi connectivity index (χ1v) is 8.93. The Labute approximate surface area is 157 Å². The van der Waals surface area contributed by atoms with Gasteiger partial charge in [-0.1, -0.05) is 6.92 Å². The summed E-state index contributed by atoms with van der Waals surface area (Å²) >= 11 is 0. The molecule has 0 aliphatic heterocycles. The van der Waals surface area contributed by atoms with Crippen LogP contribution in [0.5, 0.6) is 0 Å². The standard InChI is InChI=1S/C19H25N3O5/c1-4-27-9-5-7-21(12-14(3)19(25)26)17(23)15-11-20-16-10-13(2)6-8-22(16)18(15)24/h6,8,10-11,14H,4-5,7,9,12H2,1-3H3,(H,25,26). The number of aliphatic carboxylic acids is 1. The van der Waals surface area contributed by atoms with Crippen LogP contribution in [0, 0.1) is 12.8 Å². The number of pyridine rings is 1. The molecule has 0 fully saturated rings. The van der Waals surface area contributed by atoms with Crippen LogP contribution < -0.4 is 5.56 Å². The number of carboxylic acid groups (broad SMARTS) is 1. The summed E-state index contributed by atoms with van der Waals surface area (Å²) in [6, 6.07) is 3.51. The van der Waals surface area contributed by atoms with Crippen LogP contribution in [0.15, 0.2) is 29.3 Å². The van der Waals surface area contributed by atoms with Gasteiger partial charge in [-0.15, -0.1) is 0 Å². The number of carboxylic acids is 1. The quantitative estimate of drug-likeness (QED) is 0.668. The molecule has 0 aromatic carbocycles. The predicted molar refractivity (Wildman–Crippen MR) is 100 cm³/mol. The van der Waals surface area contributed by atoms with Gasteiger partial charge in [0.1, 0.15) is 11.2 Å². The average Bonchev–Trinajstić information content (AvgIpc) is 2.63. The highest BCUT2D eigenvalue weighted by Crippen LogP contribution is 2.08. The highest BCUT2D eigenvalue weighted by atomic mass is 16.5. The molecule has 0 saturated carbocycles. The van der Waals surface area contributed by atoms with Crippen LogP contribution in [0.4, 0.5) is 0 Å². The topological polar surface area (TPSA) is 101 Å². The molecule has 1 unspecified atom stereocenters. The number of carbonyl (C=O) groups excluding carboxylic acids is 1. The first kappa shape index (κ1) is 20.6. The molecule has 8 heteroatoms. The third-order valence-electron chi connectivity index (χ3n) is 4.22. The van der Waals surface area contributed by atoms with E-state index < -0.39 is 23.4 Å². The van der Waals surface area contributed by atoms with Gasteiger partial charge >= 0.3 is 5.97 Å². The number of amides is 1. The van der Waals surface area contributed by atoms with Crippen LogP contribution in [0.2, 0.25) is 0 Å². The lowest BCUT2D eigenvalue weighted by molar-refractivity contribution is -0.141. The summed E-state index contributed by atoms with van der Waals surface area (Å²) in [7, 11) is 0. The molecule has 2 aromatic heterocycles. The van der Waals surface area contributed by atoms with E-state index in [-0.39, 0.29) is 12.1 Å². The van der Waals surface area contributed by atoms with Gasteiger partial charge in [0, 0.05) is 38.7 Å². The van der Waals surface area contributed by atoms with Gasteiger partial charge in [-0.25, -0.2) is 4.98 Å². The van der Waals surface area contributed by atoms with Crippen molar-refractivity contribution in [2.75, 3.05) is 26.3 Å². The molecule has 0 saturated heterocycles. The normalized spacial score (nSPS) is 12.1. The zero-order valence-corrected chi connectivity index (χ0v) is 15.8. The fraction of sp³-hybridized carbons (Fsp3) is 0.474. The fourth-order valence-corrected chi connectivity index (χ4v) is 2.68. The van der Waals surface area contributed by atoms with E-state index in [0.29, 0.717) is 31.8 Å². The third kappa shape index (κ3) is 5.13. The van der Waals surface area contributed by atoms with Crippen molar-refractivity contribution in [1.29, 1.82) is 0 Å². The second-order valence-electron chi connectivity index (χ2n) is 6.45. The lowest BCUT2D eigenvalue weighted by Gasteiger charge is -2.24. The Kier molecular flexibility index (Phi) is 7.06. The number of fused-ring (bicyclic) bond motifs is 1. The number of aryl methyl sites for hydroxylation is 1. The number of hydrogen-bond acceptors (Lipinski definition) is 5. The van der Waals surface area contributed by atoms with E-state index in [9.17, 15) is 19.5 Å². The van der Waals surface area contributed by atoms with Crippen molar-refractivity contribution in [2.45, 2.75) is 27.2 Å². The maximum absolute atomic E-state index is 12.9. The summed E-state index contributed by atoms with van der Waals surface area (Å²) in [6.07, 6.45) is 3.39. The molecule has 27 heavy (non-hydrogen) atoms. The van der Waals surface area contributed by atoms with Gasteiger partial charge in [0.2, 0.25) is 0 Å². The fourth-order valence-electron chi connectivity index (χ4n) is 2.68. The zero-order valence-electron chi connectivity index (χ0n) is 15.8. The van der Waals surface area contributed by atoms with Gasteiger partial charge in [0.05, 0.1) is 5.92 Å². The summed E-state index contributed by atoms with van der Waals surface area (Å²) in [5.74, 6) is -2.27. The molecule has 0 radical (unpaired) electrons. The summed E-state index contributed by atoms with van der Waals surface area (Å²) in [4.78, 5) is 42.4. The molecule has 1 N–H and O–H groups in total. The molecule has 8 nitrogen and oxygen atoms in total. The minimum atomic E-state index is -0.999. The number of carbonyl (C=O) groups is 2. The van der Waals surface area contributed by atoms with Crippen molar-refractivity contribution in [2.24, 2.45) is 5.92 Å². The second kappa shape index (κ2) is 9.27. The summed E-state index contributed by atoms with van der Waals surface area (Å²) < 4.78 is 6.60. The number of hydrogen-bond donors (Lipinski definition) is 1. The largest absolute Gasteiger partial charge is 0.481 e. The Morgan fingerprint density at radius 3 is 2.81 bits per heavy atom. The molecular formula is C19H25N3O5. The lowest BCUT2D eigenvalue weighted by atomic mass is 10.1. The molecule has 0 bridgehead atoms. The Hall–Kier alpha value is -2.74. The average molecular weight is 375 g/mol. The zero-order chi connectivity index (χ0) is 20.0. The van der Waals surface area contributed by atoms with Crippen LogP contribution in [0.3, 0.4) is 0 Å². The third-order valence-corrected chi connectivity index (χ3v) is 4.22. The molecular weight excluding hydrogens is 350 g/mol. The monoisotopic (exact) mass is 375 g/mol. The Morgan fingerprint density at radius 2 is 2.15 bits per heavy atom. The van der Waals surface area contributed by atoms with Crippen molar-refractivity contribution in [3.8, 4) is 0 Å². The molecule has 0 aliphatic rings. The minimum absolute atomic E-state index is 0.0103. The first-order chi connectivity index (χ1) is 12.8. The first-order valence-electron chi connectivity index (χ1n) is 8.93. The van der Waals surface area contributed by atoms with Crippen molar-refractivity contribution in [3.63, 3.8) is 0 Å². The molecule has 146 valence electrons. The number of nitrogens with zero attached hydrogens (tertiary/aromatic N) is 3. The predicted octanol–water partition coefficient (Wildman–Crippen LogP) is 1.59. The van der Waals surface area contributed by atoms with E-state index in [2.05, 4.69) is 4.98 Å². The SMILES string of the molecule is CCOCCCN(CC(C)C(=O)O)C(=O)c1cnc2cc(C)ccn2c1=O. The summed E-state index contributed by atoms with van der Waals surface area (Å²) in [6.45, 7) is 6.62. The van der Waals surface area contributed by atoms with E-state index in [0.717, 1.165) is 5.56 Å². The Bertz CT molecular complexity index is 877. The maximum Gasteiger partial charge on any atom is 0.308 e. The van der Waals surface area contributed by atoms with E-state index in [1.165, 1.54) is 22.4 Å². The van der Waals surface area contributed by atoms with E-state index >= 15 is 0 Å². The van der Waals surface area contributed by atoms with E-state index in [1.807, 2.05) is 13.8 Å². The van der Waals surface area contributed by atoms with Gasteiger partial charge in [-0.05, 0) is 38.0 Å². The molecule has 1 amide bonds. The van der Waals surface area contributed by atoms with Gasteiger partial charge in [0.25, 0.3) is 11.5 Å². The smallest absolute Gasteiger partial charge is 0.308 e. The van der Waals surface area contributed by atoms with Gasteiger partial charge in [-0.2, -0.15) is 0 Å². The molecule has 2 heterocycles. The van der Waals surface area contributed by atoms with Gasteiger partial charge in [-0.3, -0.25) is 18.8 Å². The van der Waals surface area contributed by atoms with Crippen molar-refractivity contribution >= 4 is 17.5 Å². The van der Waals surface area contributed by atoms with Crippen LogP contribution in [0.25, 0.3) is 5.65 Å².